The normalized spacial score (nSPS) is 33.7. The van der Waals surface area contributed by atoms with Crippen molar-refractivity contribution in [2.45, 2.75) is 63.3 Å². The van der Waals surface area contributed by atoms with Gasteiger partial charge in [0, 0.05) is 30.3 Å². The van der Waals surface area contributed by atoms with Gasteiger partial charge in [0.2, 0.25) is 0 Å². The van der Waals surface area contributed by atoms with Crippen LogP contribution in [0.15, 0.2) is 18.2 Å². The molecule has 4 saturated carbocycles. The van der Waals surface area contributed by atoms with Crippen molar-refractivity contribution in [3.8, 4) is 0 Å². The maximum absolute atomic E-state index is 13.0. The van der Waals surface area contributed by atoms with E-state index in [1.165, 1.54) is 31.7 Å². The van der Waals surface area contributed by atoms with Crippen molar-refractivity contribution in [1.82, 2.24) is 5.32 Å². The van der Waals surface area contributed by atoms with Crippen molar-refractivity contribution in [3.63, 3.8) is 0 Å². The van der Waals surface area contributed by atoms with Crippen molar-refractivity contribution in [1.29, 1.82) is 0 Å². The first-order chi connectivity index (χ1) is 13.5. The molecule has 0 atom stereocenters. The summed E-state index contributed by atoms with van der Waals surface area (Å²) < 4.78 is 0. The second-order valence-corrected chi connectivity index (χ2v) is 9.66. The second kappa shape index (κ2) is 6.75. The molecule has 1 N–H and O–H groups in total. The Bertz CT molecular complexity index is 765. The largest absolute Gasteiger partial charge is 0.366 e. The van der Waals surface area contributed by atoms with Crippen LogP contribution in [0.25, 0.3) is 0 Å². The lowest BCUT2D eigenvalue weighted by molar-refractivity contribution is -0.384. The van der Waals surface area contributed by atoms with Gasteiger partial charge in [-0.3, -0.25) is 14.9 Å². The van der Waals surface area contributed by atoms with Gasteiger partial charge in [0.05, 0.1) is 4.92 Å². The van der Waals surface area contributed by atoms with Gasteiger partial charge in [-0.2, -0.15) is 0 Å². The van der Waals surface area contributed by atoms with Crippen LogP contribution in [0.5, 0.6) is 0 Å². The van der Waals surface area contributed by atoms with Crippen molar-refractivity contribution >= 4 is 17.3 Å². The number of hydrogen-bond donors (Lipinski definition) is 1. The number of benzene rings is 1. The Balaban J connectivity index is 1.38. The summed E-state index contributed by atoms with van der Waals surface area (Å²) in [5.74, 6) is 2.11. The highest BCUT2D eigenvalue weighted by molar-refractivity contribution is 5.96. The molecule has 4 bridgehead atoms. The van der Waals surface area contributed by atoms with Gasteiger partial charge in [-0.15, -0.1) is 0 Å². The van der Waals surface area contributed by atoms with Crippen LogP contribution in [-0.4, -0.2) is 29.5 Å². The van der Waals surface area contributed by atoms with Crippen LogP contribution in [0.4, 0.5) is 11.4 Å². The molecule has 5 fully saturated rings. The second-order valence-electron chi connectivity index (χ2n) is 9.66. The Morgan fingerprint density at radius 1 is 1.04 bits per heavy atom. The molecule has 1 amide bonds. The number of hydrogen-bond acceptors (Lipinski definition) is 4. The molecule has 0 spiro atoms. The molecule has 4 aliphatic carbocycles. The average molecular weight is 383 g/mol. The van der Waals surface area contributed by atoms with Crippen LogP contribution in [0.1, 0.15) is 68.1 Å². The third-order valence-corrected chi connectivity index (χ3v) is 7.55. The molecule has 6 nitrogen and oxygen atoms in total. The zero-order valence-corrected chi connectivity index (χ0v) is 16.4. The maximum atomic E-state index is 13.0. The number of nitrogens with one attached hydrogen (secondary N) is 1. The minimum Gasteiger partial charge on any atom is -0.366 e. The van der Waals surface area contributed by atoms with Gasteiger partial charge in [-0.1, -0.05) is 0 Å². The summed E-state index contributed by atoms with van der Waals surface area (Å²) >= 11 is 0. The van der Waals surface area contributed by atoms with E-state index in [-0.39, 0.29) is 22.1 Å². The van der Waals surface area contributed by atoms with Crippen LogP contribution in [0.2, 0.25) is 0 Å². The molecule has 1 saturated heterocycles. The molecule has 0 unspecified atom stereocenters. The molecule has 0 radical (unpaired) electrons. The fourth-order valence-corrected chi connectivity index (χ4v) is 6.79. The molecule has 28 heavy (non-hydrogen) atoms. The summed E-state index contributed by atoms with van der Waals surface area (Å²) in [4.78, 5) is 26.5. The average Bonchev–Trinajstić information content (AvgIpc) is 2.66. The number of nitro benzene ring substituents is 1. The molecule has 5 aliphatic rings. The molecular formula is C22H29N3O3. The lowest BCUT2D eigenvalue weighted by atomic mass is 9.53. The van der Waals surface area contributed by atoms with E-state index in [4.69, 9.17) is 0 Å². The van der Waals surface area contributed by atoms with Gasteiger partial charge < -0.3 is 10.2 Å². The van der Waals surface area contributed by atoms with E-state index >= 15 is 0 Å². The number of nitrogens with zero attached hydrogens (tertiary/aromatic N) is 2. The highest BCUT2D eigenvalue weighted by Crippen LogP contribution is 2.55. The molecule has 1 heterocycles. The van der Waals surface area contributed by atoms with Gasteiger partial charge >= 0.3 is 0 Å². The van der Waals surface area contributed by atoms with E-state index in [9.17, 15) is 14.9 Å². The topological polar surface area (TPSA) is 75.5 Å². The highest BCUT2D eigenvalue weighted by Gasteiger charge is 2.51. The lowest BCUT2D eigenvalue weighted by Gasteiger charge is -2.56. The summed E-state index contributed by atoms with van der Waals surface area (Å²) in [5.41, 5.74) is 1.05. The summed E-state index contributed by atoms with van der Waals surface area (Å²) in [6.45, 7) is 1.69. The minimum atomic E-state index is -0.342. The van der Waals surface area contributed by atoms with Crippen molar-refractivity contribution in [2.75, 3.05) is 18.0 Å². The highest BCUT2D eigenvalue weighted by atomic mass is 16.6. The fraction of sp³-hybridized carbons (Fsp3) is 0.682. The first-order valence-electron chi connectivity index (χ1n) is 10.9. The first-order valence-corrected chi connectivity index (χ1v) is 10.9. The van der Waals surface area contributed by atoms with Gasteiger partial charge in [-0.25, -0.2) is 0 Å². The summed E-state index contributed by atoms with van der Waals surface area (Å²) in [6, 6.07) is 5.03. The number of nitro groups is 1. The van der Waals surface area contributed by atoms with E-state index in [1.54, 1.807) is 12.1 Å². The number of rotatable bonds is 4. The Morgan fingerprint density at radius 2 is 1.64 bits per heavy atom. The van der Waals surface area contributed by atoms with Crippen molar-refractivity contribution in [2.24, 2.45) is 17.8 Å². The number of amides is 1. The van der Waals surface area contributed by atoms with Gasteiger partial charge in [0.1, 0.15) is 5.69 Å². The van der Waals surface area contributed by atoms with Gasteiger partial charge in [0.25, 0.3) is 11.6 Å². The predicted octanol–water partition coefficient (Wildman–Crippen LogP) is 4.28. The minimum absolute atomic E-state index is 0.0556. The van der Waals surface area contributed by atoms with E-state index in [0.717, 1.165) is 62.9 Å². The van der Waals surface area contributed by atoms with E-state index in [2.05, 4.69) is 10.2 Å². The van der Waals surface area contributed by atoms with Crippen LogP contribution < -0.4 is 10.2 Å². The molecule has 0 aromatic heterocycles. The summed E-state index contributed by atoms with van der Waals surface area (Å²) in [6.07, 6.45) is 10.5. The Hall–Kier alpha value is -2.11. The lowest BCUT2D eigenvalue weighted by Crippen LogP contribution is -2.59. The summed E-state index contributed by atoms with van der Waals surface area (Å²) in [7, 11) is 0. The first kappa shape index (κ1) is 18.0. The van der Waals surface area contributed by atoms with E-state index < -0.39 is 0 Å². The Morgan fingerprint density at radius 3 is 2.21 bits per heavy atom. The Labute approximate surface area is 165 Å². The van der Waals surface area contributed by atoms with Crippen LogP contribution >= 0.6 is 0 Å². The van der Waals surface area contributed by atoms with E-state index in [1.807, 2.05) is 0 Å². The smallest absolute Gasteiger partial charge is 0.293 e. The quantitative estimate of drug-likeness (QED) is 0.622. The number of carbonyl (C=O) groups excluding carboxylic acids is 1. The van der Waals surface area contributed by atoms with Crippen LogP contribution in [0.3, 0.4) is 0 Å². The van der Waals surface area contributed by atoms with E-state index in [0.29, 0.717) is 11.3 Å². The monoisotopic (exact) mass is 383 g/mol. The molecule has 150 valence electrons. The molecule has 6 rings (SSSR count). The zero-order valence-electron chi connectivity index (χ0n) is 16.4. The standard InChI is InChI=1S/C22H29N3O3/c26-21(23-22-12-15-8-16(13-22)10-17(9-15)14-22)18-4-5-19(20(11-18)25(27)28)24-6-2-1-3-7-24/h4-5,11,15-17H,1-3,6-10,12-14H2,(H,23,26). The third kappa shape index (κ3) is 3.16. The number of anilines is 1. The third-order valence-electron chi connectivity index (χ3n) is 7.55. The SMILES string of the molecule is O=C(NC12CC3CC(CC(C3)C1)C2)c1ccc(N2CCCCC2)c([N+](=O)[O-])c1. The summed E-state index contributed by atoms with van der Waals surface area (Å²) in [5, 5.41) is 15.0. The fourth-order valence-electron chi connectivity index (χ4n) is 6.79. The molecule has 1 aromatic carbocycles. The van der Waals surface area contributed by atoms with Gasteiger partial charge in [0.15, 0.2) is 0 Å². The molecule has 1 aliphatic heterocycles. The van der Waals surface area contributed by atoms with Crippen LogP contribution in [0, 0.1) is 27.9 Å². The predicted molar refractivity (Wildman–Crippen MR) is 108 cm³/mol. The molecular weight excluding hydrogens is 354 g/mol. The number of carbonyl (C=O) groups is 1. The van der Waals surface area contributed by atoms with Gasteiger partial charge in [-0.05, 0) is 87.7 Å². The van der Waals surface area contributed by atoms with Crippen molar-refractivity contribution in [3.05, 3.63) is 33.9 Å². The number of piperidine rings is 1. The molecule has 6 heteroatoms. The maximum Gasteiger partial charge on any atom is 0.293 e. The Kier molecular flexibility index (Phi) is 4.33. The van der Waals surface area contributed by atoms with Crippen LogP contribution in [-0.2, 0) is 0 Å². The van der Waals surface area contributed by atoms with Crippen molar-refractivity contribution < 1.29 is 9.72 Å². The zero-order chi connectivity index (χ0) is 19.3. The molecule has 1 aromatic rings.